The number of rotatable bonds is 5. The Balaban J connectivity index is 1.49. The van der Waals surface area contributed by atoms with Gasteiger partial charge >= 0.3 is 5.97 Å². The van der Waals surface area contributed by atoms with E-state index in [0.717, 1.165) is 25.9 Å². The van der Waals surface area contributed by atoms with Crippen LogP contribution < -0.4 is 5.32 Å². The number of amides is 1. The third-order valence-electron chi connectivity index (χ3n) is 4.89. The second-order valence-corrected chi connectivity index (χ2v) is 6.76. The summed E-state index contributed by atoms with van der Waals surface area (Å²) in [5.41, 5.74) is 2.23. The fourth-order valence-corrected chi connectivity index (χ4v) is 3.42. The maximum atomic E-state index is 12.3. The summed E-state index contributed by atoms with van der Waals surface area (Å²) >= 11 is 0. The van der Waals surface area contributed by atoms with E-state index < -0.39 is 5.97 Å². The first-order valence-corrected chi connectivity index (χ1v) is 9.04. The quantitative estimate of drug-likeness (QED) is 0.793. The van der Waals surface area contributed by atoms with Crippen molar-refractivity contribution in [2.45, 2.75) is 18.8 Å². The second-order valence-electron chi connectivity index (χ2n) is 6.76. The van der Waals surface area contributed by atoms with Crippen LogP contribution in [-0.2, 0) is 9.53 Å². The van der Waals surface area contributed by atoms with Crippen LogP contribution in [0.15, 0.2) is 48.5 Å². The minimum absolute atomic E-state index is 0.0971. The van der Waals surface area contributed by atoms with Crippen LogP contribution in [0.25, 0.3) is 0 Å². The Morgan fingerprint density at radius 1 is 1.15 bits per heavy atom. The number of hydrogen-bond donors (Lipinski definition) is 2. The number of ether oxygens (including phenoxy) is 1. The fraction of sp³-hybridized carbons (Fsp3) is 0.333. The van der Waals surface area contributed by atoms with Crippen molar-refractivity contribution in [1.29, 1.82) is 0 Å². The van der Waals surface area contributed by atoms with Gasteiger partial charge < -0.3 is 15.2 Å². The third-order valence-corrected chi connectivity index (χ3v) is 4.89. The molecule has 0 atom stereocenters. The van der Waals surface area contributed by atoms with E-state index in [-0.39, 0.29) is 11.7 Å². The molecule has 3 rings (SSSR count). The molecule has 0 radical (unpaired) electrons. The van der Waals surface area contributed by atoms with Gasteiger partial charge in [-0.15, -0.1) is 0 Å². The van der Waals surface area contributed by atoms with Gasteiger partial charge in [0, 0.05) is 5.69 Å². The average molecular weight is 368 g/mol. The Kier molecular flexibility index (Phi) is 6.08. The average Bonchev–Trinajstić information content (AvgIpc) is 2.69. The number of phenols is 1. The Morgan fingerprint density at radius 3 is 2.52 bits per heavy atom. The van der Waals surface area contributed by atoms with E-state index in [9.17, 15) is 14.7 Å². The monoisotopic (exact) mass is 368 g/mol. The molecule has 27 heavy (non-hydrogen) atoms. The number of phenolic OH excluding ortho intramolecular Hbond substituents is 1. The van der Waals surface area contributed by atoms with E-state index >= 15 is 0 Å². The van der Waals surface area contributed by atoms with Crippen LogP contribution >= 0.6 is 0 Å². The van der Waals surface area contributed by atoms with Gasteiger partial charge in [0.15, 0.2) is 0 Å². The topological polar surface area (TPSA) is 78.9 Å². The van der Waals surface area contributed by atoms with Gasteiger partial charge in [-0.25, -0.2) is 4.79 Å². The van der Waals surface area contributed by atoms with E-state index in [0.29, 0.717) is 23.7 Å². The zero-order chi connectivity index (χ0) is 19.2. The Bertz CT molecular complexity index is 796. The molecule has 0 aromatic heterocycles. The van der Waals surface area contributed by atoms with Gasteiger partial charge in [0.1, 0.15) is 5.75 Å². The minimum atomic E-state index is -0.428. The lowest BCUT2D eigenvalue weighted by Gasteiger charge is -2.31. The highest BCUT2D eigenvalue weighted by molar-refractivity contribution is 5.95. The molecule has 1 aliphatic rings. The van der Waals surface area contributed by atoms with Crippen LogP contribution in [0, 0.1) is 0 Å². The predicted octanol–water partition coefficient (Wildman–Crippen LogP) is 3.00. The molecule has 2 N–H and O–H groups in total. The summed E-state index contributed by atoms with van der Waals surface area (Å²) < 4.78 is 4.70. The molecule has 142 valence electrons. The zero-order valence-electron chi connectivity index (χ0n) is 15.4. The third kappa shape index (κ3) is 5.08. The molecule has 1 saturated heterocycles. The molecule has 6 nitrogen and oxygen atoms in total. The van der Waals surface area contributed by atoms with Crippen molar-refractivity contribution in [1.82, 2.24) is 4.90 Å². The molecule has 1 amide bonds. The summed E-state index contributed by atoms with van der Waals surface area (Å²) in [6.07, 6.45) is 1.96. The van der Waals surface area contributed by atoms with Crippen molar-refractivity contribution in [3.05, 3.63) is 59.7 Å². The van der Waals surface area contributed by atoms with Gasteiger partial charge in [-0.3, -0.25) is 9.69 Å². The van der Waals surface area contributed by atoms with Crippen LogP contribution in [0.1, 0.15) is 34.7 Å². The summed E-state index contributed by atoms with van der Waals surface area (Å²) in [5.74, 6) is 0.216. The van der Waals surface area contributed by atoms with Crippen LogP contribution in [-0.4, -0.2) is 48.6 Å². The van der Waals surface area contributed by atoms with Crippen LogP contribution in [0.3, 0.4) is 0 Å². The molecule has 0 bridgehead atoms. The standard InChI is InChI=1S/C21H24N2O4/c1-27-21(26)17-3-2-4-18(13-17)22-20(25)14-23-11-9-16(10-12-23)15-5-7-19(24)8-6-15/h2-8,13,16,24H,9-12,14H2,1H3,(H,22,25). The Labute approximate surface area is 158 Å². The first-order chi connectivity index (χ1) is 13.0. The molecule has 0 saturated carbocycles. The van der Waals surface area contributed by atoms with Crippen molar-refractivity contribution in [3.8, 4) is 5.75 Å². The molecule has 1 aliphatic heterocycles. The van der Waals surface area contributed by atoms with Gasteiger partial charge in [0.05, 0.1) is 19.2 Å². The van der Waals surface area contributed by atoms with Crippen LogP contribution in [0.4, 0.5) is 5.69 Å². The van der Waals surface area contributed by atoms with E-state index in [1.165, 1.54) is 12.7 Å². The first-order valence-electron chi connectivity index (χ1n) is 9.04. The van der Waals surface area contributed by atoms with Gasteiger partial charge in [0.25, 0.3) is 0 Å². The maximum Gasteiger partial charge on any atom is 0.337 e. The summed E-state index contributed by atoms with van der Waals surface area (Å²) in [6.45, 7) is 2.02. The van der Waals surface area contributed by atoms with Crippen LogP contribution in [0.5, 0.6) is 5.75 Å². The van der Waals surface area contributed by atoms with E-state index in [1.807, 2.05) is 12.1 Å². The first kappa shape index (κ1) is 18.9. The number of carbonyl (C=O) groups excluding carboxylic acids is 2. The second kappa shape index (κ2) is 8.68. The van der Waals surface area contributed by atoms with Crippen molar-refractivity contribution in [2.75, 3.05) is 32.1 Å². The fourth-order valence-electron chi connectivity index (χ4n) is 3.42. The molecule has 2 aromatic rings. The molecular weight excluding hydrogens is 344 g/mol. The van der Waals surface area contributed by atoms with Crippen LogP contribution in [0.2, 0.25) is 0 Å². The van der Waals surface area contributed by atoms with Crippen molar-refractivity contribution in [2.24, 2.45) is 0 Å². The number of likely N-dealkylation sites (tertiary alicyclic amines) is 1. The number of carbonyl (C=O) groups is 2. The van der Waals surface area contributed by atoms with Gasteiger partial charge in [-0.1, -0.05) is 18.2 Å². The summed E-state index contributed by atoms with van der Waals surface area (Å²) in [5, 5.41) is 12.2. The highest BCUT2D eigenvalue weighted by Crippen LogP contribution is 2.28. The predicted molar refractivity (Wildman–Crippen MR) is 103 cm³/mol. The van der Waals surface area contributed by atoms with Crippen molar-refractivity contribution >= 4 is 17.6 Å². The maximum absolute atomic E-state index is 12.3. The number of benzene rings is 2. The number of nitrogens with zero attached hydrogens (tertiary/aromatic N) is 1. The summed E-state index contributed by atoms with van der Waals surface area (Å²) in [4.78, 5) is 26.0. The number of piperidine rings is 1. The van der Waals surface area contributed by atoms with E-state index in [4.69, 9.17) is 4.74 Å². The lowest BCUT2D eigenvalue weighted by atomic mass is 9.89. The Hall–Kier alpha value is -2.86. The Morgan fingerprint density at radius 2 is 1.85 bits per heavy atom. The smallest absolute Gasteiger partial charge is 0.337 e. The highest BCUT2D eigenvalue weighted by atomic mass is 16.5. The minimum Gasteiger partial charge on any atom is -0.508 e. The number of methoxy groups -OCH3 is 1. The summed E-state index contributed by atoms with van der Waals surface area (Å²) in [7, 11) is 1.33. The molecule has 6 heteroatoms. The summed E-state index contributed by atoms with van der Waals surface area (Å²) in [6, 6.07) is 14.1. The number of esters is 1. The molecule has 0 aliphatic carbocycles. The van der Waals surface area contributed by atoms with Gasteiger partial charge in [0.2, 0.25) is 5.91 Å². The molecule has 0 unspecified atom stereocenters. The van der Waals surface area contributed by atoms with Crippen molar-refractivity contribution in [3.63, 3.8) is 0 Å². The molecule has 1 heterocycles. The number of aromatic hydroxyl groups is 1. The van der Waals surface area contributed by atoms with E-state index in [2.05, 4.69) is 10.2 Å². The molecule has 2 aromatic carbocycles. The zero-order valence-corrected chi connectivity index (χ0v) is 15.4. The van der Waals surface area contributed by atoms with Gasteiger partial charge in [-0.05, 0) is 67.7 Å². The number of nitrogens with one attached hydrogen (secondary N) is 1. The lowest BCUT2D eigenvalue weighted by Crippen LogP contribution is -2.38. The van der Waals surface area contributed by atoms with E-state index in [1.54, 1.807) is 36.4 Å². The number of hydrogen-bond acceptors (Lipinski definition) is 5. The molecule has 0 spiro atoms. The lowest BCUT2D eigenvalue weighted by molar-refractivity contribution is -0.117. The SMILES string of the molecule is COC(=O)c1cccc(NC(=O)CN2CCC(c3ccc(O)cc3)CC2)c1. The van der Waals surface area contributed by atoms with Gasteiger partial charge in [-0.2, -0.15) is 0 Å². The highest BCUT2D eigenvalue weighted by Gasteiger charge is 2.22. The molecule has 1 fully saturated rings. The number of anilines is 1. The normalized spacial score (nSPS) is 15.3. The largest absolute Gasteiger partial charge is 0.508 e. The van der Waals surface area contributed by atoms with Crippen molar-refractivity contribution < 1.29 is 19.4 Å². The molecular formula is C21H24N2O4.